The summed E-state index contributed by atoms with van der Waals surface area (Å²) in [7, 11) is -3.38. The molecule has 22 heavy (non-hydrogen) atoms. The molecular weight excluding hydrogens is 296 g/mol. The van der Waals surface area contributed by atoms with Gasteiger partial charge in [-0.3, -0.25) is 0 Å². The second kappa shape index (κ2) is 6.30. The van der Waals surface area contributed by atoms with Gasteiger partial charge in [0.25, 0.3) is 10.2 Å². The van der Waals surface area contributed by atoms with Gasteiger partial charge < -0.3 is 0 Å². The summed E-state index contributed by atoms with van der Waals surface area (Å²) in [4.78, 5) is 0. The highest BCUT2D eigenvalue weighted by Crippen LogP contribution is 2.31. The minimum Gasteiger partial charge on any atom is -0.195 e. The fourth-order valence-corrected chi connectivity index (χ4v) is 5.85. The first-order valence-corrected chi connectivity index (χ1v) is 9.75. The third-order valence-electron chi connectivity index (χ3n) is 4.88. The standard InChI is InChI=1S/C17H26N2O2S/c1-14(2)19(17-9-5-6-10-17)22(20,21)18-12-11-15-7-3-4-8-16(15)13-18/h3-4,7-8,14,17H,5-6,9-13H2,1-2H3. The van der Waals surface area contributed by atoms with Crippen LogP contribution < -0.4 is 0 Å². The molecule has 0 atom stereocenters. The van der Waals surface area contributed by atoms with Crippen molar-refractivity contribution in [1.29, 1.82) is 0 Å². The van der Waals surface area contributed by atoms with Crippen LogP contribution in [-0.2, 0) is 23.2 Å². The summed E-state index contributed by atoms with van der Waals surface area (Å²) in [5, 5.41) is 0. The van der Waals surface area contributed by atoms with E-state index in [0.29, 0.717) is 13.1 Å². The highest BCUT2D eigenvalue weighted by Gasteiger charge is 2.38. The van der Waals surface area contributed by atoms with E-state index in [0.717, 1.165) is 37.7 Å². The molecule has 0 bridgehead atoms. The zero-order valence-electron chi connectivity index (χ0n) is 13.5. The van der Waals surface area contributed by atoms with Crippen molar-refractivity contribution < 1.29 is 8.42 Å². The van der Waals surface area contributed by atoms with Crippen LogP contribution in [0.2, 0.25) is 0 Å². The van der Waals surface area contributed by atoms with Crippen LogP contribution in [0.5, 0.6) is 0 Å². The van der Waals surface area contributed by atoms with Gasteiger partial charge in [-0.25, -0.2) is 0 Å². The fraction of sp³-hybridized carbons (Fsp3) is 0.647. The molecule has 1 aromatic carbocycles. The lowest BCUT2D eigenvalue weighted by molar-refractivity contribution is 0.242. The fourth-order valence-electron chi connectivity index (χ4n) is 3.84. The van der Waals surface area contributed by atoms with Gasteiger partial charge in [-0.05, 0) is 44.2 Å². The minimum atomic E-state index is -3.38. The highest BCUT2D eigenvalue weighted by atomic mass is 32.2. The van der Waals surface area contributed by atoms with Gasteiger partial charge in [0.05, 0.1) is 0 Å². The smallest absolute Gasteiger partial charge is 0.195 e. The van der Waals surface area contributed by atoms with Crippen molar-refractivity contribution in [2.45, 2.75) is 64.6 Å². The van der Waals surface area contributed by atoms with Crippen LogP contribution in [0.3, 0.4) is 0 Å². The van der Waals surface area contributed by atoms with Crippen LogP contribution in [0, 0.1) is 0 Å². The maximum Gasteiger partial charge on any atom is 0.282 e. The van der Waals surface area contributed by atoms with Gasteiger partial charge in [0.1, 0.15) is 0 Å². The number of hydrogen-bond acceptors (Lipinski definition) is 2. The summed E-state index contributed by atoms with van der Waals surface area (Å²) in [5.41, 5.74) is 2.43. The SMILES string of the molecule is CC(C)N(C1CCCC1)S(=O)(=O)N1CCc2ccccc2C1. The van der Waals surface area contributed by atoms with Gasteiger partial charge in [-0.15, -0.1) is 0 Å². The second-order valence-electron chi connectivity index (χ2n) is 6.72. The summed E-state index contributed by atoms with van der Waals surface area (Å²) in [6, 6.07) is 8.38. The van der Waals surface area contributed by atoms with E-state index in [1.807, 2.05) is 32.0 Å². The van der Waals surface area contributed by atoms with Crippen molar-refractivity contribution in [3.8, 4) is 0 Å². The Balaban J connectivity index is 1.85. The average Bonchev–Trinajstić information content (AvgIpc) is 2.99. The van der Waals surface area contributed by atoms with E-state index in [2.05, 4.69) is 6.07 Å². The number of rotatable bonds is 4. The number of hydrogen-bond donors (Lipinski definition) is 0. The number of fused-ring (bicyclic) bond motifs is 1. The number of nitrogens with zero attached hydrogens (tertiary/aromatic N) is 2. The Labute approximate surface area is 134 Å². The molecule has 1 heterocycles. The maximum absolute atomic E-state index is 13.2. The first kappa shape index (κ1) is 16.0. The Morgan fingerprint density at radius 3 is 2.41 bits per heavy atom. The normalized spacial score (nSPS) is 20.7. The molecule has 0 saturated heterocycles. The molecule has 0 radical (unpaired) electrons. The third-order valence-corrected chi connectivity index (χ3v) is 7.10. The Kier molecular flexibility index (Phi) is 4.57. The monoisotopic (exact) mass is 322 g/mol. The van der Waals surface area contributed by atoms with Crippen molar-refractivity contribution in [2.24, 2.45) is 0 Å². The predicted molar refractivity (Wildman–Crippen MR) is 88.7 cm³/mol. The van der Waals surface area contributed by atoms with Crippen molar-refractivity contribution in [3.05, 3.63) is 35.4 Å². The quantitative estimate of drug-likeness (QED) is 0.855. The van der Waals surface area contributed by atoms with Crippen LogP contribution in [-0.4, -0.2) is 35.7 Å². The predicted octanol–water partition coefficient (Wildman–Crippen LogP) is 2.94. The zero-order valence-corrected chi connectivity index (χ0v) is 14.3. The van der Waals surface area contributed by atoms with Crippen molar-refractivity contribution in [1.82, 2.24) is 8.61 Å². The Morgan fingerprint density at radius 2 is 1.77 bits per heavy atom. The lowest BCUT2D eigenvalue weighted by Gasteiger charge is -2.38. The van der Waals surface area contributed by atoms with Gasteiger partial charge in [0.2, 0.25) is 0 Å². The lowest BCUT2D eigenvalue weighted by atomic mass is 10.0. The summed E-state index contributed by atoms with van der Waals surface area (Å²) in [6.45, 7) is 5.09. The highest BCUT2D eigenvalue weighted by molar-refractivity contribution is 7.86. The van der Waals surface area contributed by atoms with Crippen molar-refractivity contribution >= 4 is 10.2 Å². The molecule has 3 rings (SSSR count). The van der Waals surface area contributed by atoms with Crippen LogP contribution in [0.25, 0.3) is 0 Å². The van der Waals surface area contributed by atoms with E-state index in [1.54, 1.807) is 8.61 Å². The molecule has 2 aliphatic rings. The van der Waals surface area contributed by atoms with E-state index < -0.39 is 10.2 Å². The lowest BCUT2D eigenvalue weighted by Crippen LogP contribution is -2.52. The molecule has 0 unspecified atom stereocenters. The third kappa shape index (κ3) is 2.94. The van der Waals surface area contributed by atoms with Gasteiger partial charge in [-0.1, -0.05) is 37.1 Å². The summed E-state index contributed by atoms with van der Waals surface area (Å²) in [6.07, 6.45) is 5.11. The van der Waals surface area contributed by atoms with Gasteiger partial charge >= 0.3 is 0 Å². The van der Waals surface area contributed by atoms with E-state index in [1.165, 1.54) is 5.56 Å². The van der Waals surface area contributed by atoms with Crippen LogP contribution in [0.15, 0.2) is 24.3 Å². The molecule has 5 heteroatoms. The minimum absolute atomic E-state index is 0.0188. The van der Waals surface area contributed by atoms with Crippen LogP contribution >= 0.6 is 0 Å². The van der Waals surface area contributed by atoms with Crippen LogP contribution in [0.4, 0.5) is 0 Å². The maximum atomic E-state index is 13.2. The largest absolute Gasteiger partial charge is 0.282 e. The molecule has 1 saturated carbocycles. The van der Waals surface area contributed by atoms with Gasteiger partial charge in [-0.2, -0.15) is 17.0 Å². The molecule has 0 aromatic heterocycles. The first-order valence-electron chi connectivity index (χ1n) is 8.35. The topological polar surface area (TPSA) is 40.6 Å². The molecule has 4 nitrogen and oxygen atoms in total. The Morgan fingerprint density at radius 1 is 1.14 bits per heavy atom. The van der Waals surface area contributed by atoms with E-state index in [9.17, 15) is 8.42 Å². The molecule has 0 spiro atoms. The number of benzene rings is 1. The molecule has 1 fully saturated rings. The second-order valence-corrected chi connectivity index (χ2v) is 8.56. The van der Waals surface area contributed by atoms with Gasteiger partial charge in [0.15, 0.2) is 0 Å². The van der Waals surface area contributed by atoms with Crippen molar-refractivity contribution in [3.63, 3.8) is 0 Å². The van der Waals surface area contributed by atoms with E-state index in [4.69, 9.17) is 0 Å². The Bertz CT molecular complexity index is 621. The summed E-state index contributed by atoms with van der Waals surface area (Å²) >= 11 is 0. The molecule has 0 N–H and O–H groups in total. The van der Waals surface area contributed by atoms with Crippen molar-refractivity contribution in [2.75, 3.05) is 6.54 Å². The van der Waals surface area contributed by atoms with Gasteiger partial charge in [0, 0.05) is 25.2 Å². The van der Waals surface area contributed by atoms with E-state index in [-0.39, 0.29) is 12.1 Å². The molecular formula is C17H26N2O2S. The molecule has 122 valence electrons. The molecule has 0 amide bonds. The summed E-state index contributed by atoms with van der Waals surface area (Å²) < 4.78 is 29.8. The van der Waals surface area contributed by atoms with E-state index >= 15 is 0 Å². The molecule has 1 aliphatic heterocycles. The Hall–Kier alpha value is -0.910. The van der Waals surface area contributed by atoms with Crippen LogP contribution in [0.1, 0.15) is 50.7 Å². The molecule has 1 aromatic rings. The summed E-state index contributed by atoms with van der Waals surface area (Å²) in [5.74, 6) is 0. The average molecular weight is 322 g/mol. The molecule has 1 aliphatic carbocycles. The first-order chi connectivity index (χ1) is 10.5. The zero-order chi connectivity index (χ0) is 15.7.